The minimum atomic E-state index is -0.755. The molecule has 0 aromatic heterocycles. The van der Waals surface area contributed by atoms with Crippen LogP contribution in [0.4, 0.5) is 8.78 Å². The number of hydrogen-bond acceptors (Lipinski definition) is 2. The van der Waals surface area contributed by atoms with E-state index in [-0.39, 0.29) is 5.56 Å². The topological polar surface area (TPSA) is 35.2 Å². The van der Waals surface area contributed by atoms with Crippen LogP contribution in [0.25, 0.3) is 0 Å². The minimum absolute atomic E-state index is 0.0321. The Bertz CT molecular complexity index is 456. The molecule has 4 heteroatoms. The molecule has 1 aromatic rings. The molecular weight excluding hydrogens is 248 g/mol. The summed E-state index contributed by atoms with van der Waals surface area (Å²) in [7, 11) is 0. The largest absolute Gasteiger partial charge is 0.373 e. The van der Waals surface area contributed by atoms with Crippen molar-refractivity contribution in [3.8, 4) is 0 Å². The average Bonchev–Trinajstić information content (AvgIpc) is 2.84. The Balaban J connectivity index is 2.42. The summed E-state index contributed by atoms with van der Waals surface area (Å²) in [6.45, 7) is 4.01. The number of nitrogens with two attached hydrogens (primary N) is 1. The van der Waals surface area contributed by atoms with Gasteiger partial charge in [0.05, 0.1) is 11.6 Å². The molecule has 1 saturated carbocycles. The Morgan fingerprint density at radius 2 is 1.95 bits per heavy atom. The number of halogens is 2. The van der Waals surface area contributed by atoms with Gasteiger partial charge in [0.15, 0.2) is 0 Å². The van der Waals surface area contributed by atoms with E-state index in [2.05, 4.69) is 0 Å². The fraction of sp³-hybridized carbons (Fsp3) is 0.600. The zero-order valence-corrected chi connectivity index (χ0v) is 11.5. The van der Waals surface area contributed by atoms with E-state index in [1.165, 1.54) is 12.1 Å². The summed E-state index contributed by atoms with van der Waals surface area (Å²) < 4.78 is 34.0. The van der Waals surface area contributed by atoms with Gasteiger partial charge in [0.25, 0.3) is 0 Å². The van der Waals surface area contributed by atoms with Crippen molar-refractivity contribution in [1.29, 1.82) is 0 Å². The maximum Gasteiger partial charge on any atom is 0.133 e. The molecule has 106 valence electrons. The first-order valence-electron chi connectivity index (χ1n) is 6.86. The molecule has 1 aromatic carbocycles. The lowest BCUT2D eigenvalue weighted by Crippen LogP contribution is -2.42. The van der Waals surface area contributed by atoms with Crippen LogP contribution in [0.2, 0.25) is 0 Å². The van der Waals surface area contributed by atoms with Crippen molar-refractivity contribution in [3.05, 3.63) is 34.9 Å². The number of rotatable bonds is 4. The zero-order valence-electron chi connectivity index (χ0n) is 11.5. The Morgan fingerprint density at radius 1 is 1.32 bits per heavy atom. The molecule has 1 atom stereocenters. The molecule has 0 bridgehead atoms. The zero-order chi connectivity index (χ0) is 14.0. The standard InChI is InChI=1S/C15H21F2NO/c1-3-19-15(8-4-5-9-15)14(18)12-11(16)7-6-10(2)13(12)17/h6-7,14H,3-5,8-9,18H2,1-2H3. The Labute approximate surface area is 112 Å². The van der Waals surface area contributed by atoms with Crippen molar-refractivity contribution in [2.75, 3.05) is 6.61 Å². The summed E-state index contributed by atoms with van der Waals surface area (Å²) >= 11 is 0. The lowest BCUT2D eigenvalue weighted by atomic mass is 9.86. The van der Waals surface area contributed by atoms with E-state index in [1.54, 1.807) is 6.92 Å². The van der Waals surface area contributed by atoms with Crippen molar-refractivity contribution in [2.45, 2.75) is 51.2 Å². The summed E-state index contributed by atoms with van der Waals surface area (Å²) in [5.41, 5.74) is 5.95. The predicted octanol–water partition coefficient (Wildman–Crippen LogP) is 3.62. The summed E-state index contributed by atoms with van der Waals surface area (Å²) in [4.78, 5) is 0. The highest BCUT2D eigenvalue weighted by Gasteiger charge is 2.43. The van der Waals surface area contributed by atoms with Gasteiger partial charge in [-0.1, -0.05) is 18.9 Å². The van der Waals surface area contributed by atoms with Gasteiger partial charge < -0.3 is 10.5 Å². The van der Waals surface area contributed by atoms with E-state index >= 15 is 0 Å². The van der Waals surface area contributed by atoms with Crippen LogP contribution < -0.4 is 5.73 Å². The monoisotopic (exact) mass is 269 g/mol. The lowest BCUT2D eigenvalue weighted by molar-refractivity contribution is -0.0550. The predicted molar refractivity (Wildman–Crippen MR) is 70.8 cm³/mol. The number of benzene rings is 1. The normalized spacial score (nSPS) is 19.6. The van der Waals surface area contributed by atoms with E-state index in [1.807, 2.05) is 6.92 Å². The van der Waals surface area contributed by atoms with Crippen LogP contribution in [-0.2, 0) is 4.74 Å². The number of aryl methyl sites for hydroxylation is 1. The van der Waals surface area contributed by atoms with E-state index in [0.717, 1.165) is 25.7 Å². The molecule has 19 heavy (non-hydrogen) atoms. The second-order valence-corrected chi connectivity index (χ2v) is 5.27. The fourth-order valence-electron chi connectivity index (χ4n) is 3.03. The molecule has 0 radical (unpaired) electrons. The van der Waals surface area contributed by atoms with Gasteiger partial charge in [-0.15, -0.1) is 0 Å². The van der Waals surface area contributed by atoms with E-state index < -0.39 is 23.3 Å². The third kappa shape index (κ3) is 2.51. The van der Waals surface area contributed by atoms with Gasteiger partial charge in [0, 0.05) is 12.2 Å². The molecule has 1 aliphatic rings. The Hall–Kier alpha value is -1.00. The molecule has 2 N–H and O–H groups in total. The second-order valence-electron chi connectivity index (χ2n) is 5.27. The lowest BCUT2D eigenvalue weighted by Gasteiger charge is -2.35. The maximum absolute atomic E-state index is 14.2. The third-order valence-electron chi connectivity index (χ3n) is 4.08. The highest BCUT2D eigenvalue weighted by Crippen LogP contribution is 2.43. The fourth-order valence-corrected chi connectivity index (χ4v) is 3.03. The molecule has 1 fully saturated rings. The highest BCUT2D eigenvalue weighted by molar-refractivity contribution is 5.31. The van der Waals surface area contributed by atoms with Crippen molar-refractivity contribution in [3.63, 3.8) is 0 Å². The summed E-state index contributed by atoms with van der Waals surface area (Å²) in [6, 6.07) is 1.96. The maximum atomic E-state index is 14.2. The van der Waals surface area contributed by atoms with Gasteiger partial charge in [-0.05, 0) is 38.3 Å². The van der Waals surface area contributed by atoms with Crippen LogP contribution >= 0.6 is 0 Å². The van der Waals surface area contributed by atoms with Crippen LogP contribution in [0, 0.1) is 18.6 Å². The van der Waals surface area contributed by atoms with Gasteiger partial charge >= 0.3 is 0 Å². The SMILES string of the molecule is CCOC1(C(N)c2c(F)ccc(C)c2F)CCCC1. The van der Waals surface area contributed by atoms with Gasteiger partial charge in [0.1, 0.15) is 11.6 Å². The quantitative estimate of drug-likeness (QED) is 0.906. The van der Waals surface area contributed by atoms with E-state index in [0.29, 0.717) is 12.2 Å². The molecule has 1 aliphatic carbocycles. The molecule has 0 heterocycles. The molecule has 0 aliphatic heterocycles. The molecule has 2 rings (SSSR count). The van der Waals surface area contributed by atoms with Crippen molar-refractivity contribution < 1.29 is 13.5 Å². The van der Waals surface area contributed by atoms with Crippen LogP contribution in [0.15, 0.2) is 12.1 Å². The van der Waals surface area contributed by atoms with Crippen molar-refractivity contribution in [2.24, 2.45) is 5.73 Å². The first-order valence-corrected chi connectivity index (χ1v) is 6.86. The molecule has 0 amide bonds. The van der Waals surface area contributed by atoms with E-state index in [4.69, 9.17) is 10.5 Å². The molecular formula is C15H21F2NO. The first-order chi connectivity index (χ1) is 9.02. The number of ether oxygens (including phenoxy) is 1. The van der Waals surface area contributed by atoms with Crippen LogP contribution in [-0.4, -0.2) is 12.2 Å². The first kappa shape index (κ1) is 14.4. The Morgan fingerprint density at radius 3 is 2.53 bits per heavy atom. The average molecular weight is 269 g/mol. The van der Waals surface area contributed by atoms with Gasteiger partial charge in [-0.25, -0.2) is 8.78 Å². The van der Waals surface area contributed by atoms with Crippen molar-refractivity contribution >= 4 is 0 Å². The summed E-state index contributed by atoms with van der Waals surface area (Å²) in [5.74, 6) is -1.12. The molecule has 2 nitrogen and oxygen atoms in total. The second kappa shape index (κ2) is 5.55. The summed E-state index contributed by atoms with van der Waals surface area (Å²) in [5, 5.41) is 0. The van der Waals surface area contributed by atoms with Gasteiger partial charge in [0.2, 0.25) is 0 Å². The van der Waals surface area contributed by atoms with Crippen LogP contribution in [0.5, 0.6) is 0 Å². The molecule has 1 unspecified atom stereocenters. The smallest absolute Gasteiger partial charge is 0.133 e. The summed E-state index contributed by atoms with van der Waals surface area (Å²) in [6.07, 6.45) is 3.50. The number of hydrogen-bond donors (Lipinski definition) is 1. The Kier molecular flexibility index (Phi) is 4.21. The van der Waals surface area contributed by atoms with E-state index in [9.17, 15) is 8.78 Å². The van der Waals surface area contributed by atoms with Crippen molar-refractivity contribution in [1.82, 2.24) is 0 Å². The van der Waals surface area contributed by atoms with Gasteiger partial charge in [-0.2, -0.15) is 0 Å². The van der Waals surface area contributed by atoms with Gasteiger partial charge in [-0.3, -0.25) is 0 Å². The van der Waals surface area contributed by atoms with Crippen LogP contribution in [0.1, 0.15) is 49.8 Å². The molecule has 0 spiro atoms. The third-order valence-corrected chi connectivity index (χ3v) is 4.08. The van der Waals surface area contributed by atoms with Crippen LogP contribution in [0.3, 0.4) is 0 Å². The highest BCUT2D eigenvalue weighted by atomic mass is 19.1. The minimum Gasteiger partial charge on any atom is -0.373 e. The molecule has 0 saturated heterocycles.